The van der Waals surface area contributed by atoms with E-state index in [-0.39, 0.29) is 6.10 Å². The Bertz CT molecular complexity index is 1280. The van der Waals surface area contributed by atoms with Gasteiger partial charge in [-0.25, -0.2) is 0 Å². The van der Waals surface area contributed by atoms with Gasteiger partial charge >= 0.3 is 6.18 Å². The normalized spacial score (nSPS) is 15.5. The van der Waals surface area contributed by atoms with Crippen molar-refractivity contribution in [2.45, 2.75) is 39.2 Å². The number of Topliss-reactive ketones (excluding diaryl/α,β-unsaturated/α-hetero) is 1. The Balaban J connectivity index is 1.56. The number of benzene rings is 1. The number of hydrogen-bond donors (Lipinski definition) is 0. The molecular weight excluding hydrogens is 461 g/mol. The Kier molecular flexibility index (Phi) is 6.00. The highest BCUT2D eigenvalue weighted by molar-refractivity contribution is 6.30. The lowest BCUT2D eigenvalue weighted by atomic mass is 10.1. The summed E-state index contributed by atoms with van der Waals surface area (Å²) in [5.41, 5.74) is -0.262. The van der Waals surface area contributed by atoms with Gasteiger partial charge in [-0.2, -0.15) is 13.2 Å². The van der Waals surface area contributed by atoms with E-state index >= 15 is 0 Å². The lowest BCUT2D eigenvalue weighted by molar-refractivity contribution is -0.138. The van der Waals surface area contributed by atoms with Crippen molar-refractivity contribution in [1.82, 2.24) is 9.13 Å². The highest BCUT2D eigenvalue weighted by atomic mass is 35.5. The fraction of sp³-hybridized carbons (Fsp3) is 0.304. The van der Waals surface area contributed by atoms with Gasteiger partial charge in [0.2, 0.25) is 0 Å². The quantitative estimate of drug-likeness (QED) is 0.498. The van der Waals surface area contributed by atoms with Crippen LogP contribution in [0.4, 0.5) is 13.2 Å². The number of carbonyl (C=O) groups excluding carboxylic acids is 1. The maximum atomic E-state index is 13.1. The number of aryl methyl sites for hydroxylation is 1. The Morgan fingerprint density at radius 2 is 1.88 bits per heavy atom. The van der Waals surface area contributed by atoms with Crippen molar-refractivity contribution in [3.63, 3.8) is 0 Å². The predicted octanol–water partition coefficient (Wildman–Crippen LogP) is 4.66. The predicted molar refractivity (Wildman–Crippen MR) is 115 cm³/mol. The zero-order valence-electron chi connectivity index (χ0n) is 17.8. The number of hydrogen-bond acceptors (Lipinski definition) is 4. The van der Waals surface area contributed by atoms with Crippen molar-refractivity contribution in [2.24, 2.45) is 0 Å². The van der Waals surface area contributed by atoms with Crippen LogP contribution in [0.2, 0.25) is 5.02 Å². The summed E-state index contributed by atoms with van der Waals surface area (Å²) in [5, 5.41) is -0.599. The van der Waals surface area contributed by atoms with Gasteiger partial charge in [-0.15, -0.1) is 0 Å². The van der Waals surface area contributed by atoms with Gasteiger partial charge in [-0.3, -0.25) is 9.59 Å². The molecule has 1 aromatic carbocycles. The minimum absolute atomic E-state index is 0.294. The molecule has 0 saturated heterocycles. The van der Waals surface area contributed by atoms with Crippen molar-refractivity contribution in [3.8, 4) is 11.5 Å². The molecule has 0 radical (unpaired) electrons. The molecule has 0 amide bonds. The molecule has 0 unspecified atom stereocenters. The fourth-order valence-corrected chi connectivity index (χ4v) is 4.06. The van der Waals surface area contributed by atoms with Crippen molar-refractivity contribution in [2.75, 3.05) is 6.61 Å². The highest BCUT2D eigenvalue weighted by Gasteiger charge is 2.32. The van der Waals surface area contributed by atoms with E-state index in [4.69, 9.17) is 21.1 Å². The molecule has 1 aliphatic rings. The lowest BCUT2D eigenvalue weighted by Gasteiger charge is -2.27. The van der Waals surface area contributed by atoms with Crippen LogP contribution in [0.5, 0.6) is 11.5 Å². The van der Waals surface area contributed by atoms with Crippen LogP contribution in [-0.2, 0) is 19.3 Å². The van der Waals surface area contributed by atoms with E-state index in [1.807, 2.05) is 35.8 Å². The minimum atomic E-state index is -4.70. The number of alkyl halides is 3. The topological polar surface area (TPSA) is 62.5 Å². The molecule has 1 aliphatic heterocycles. The number of pyridine rings is 1. The van der Waals surface area contributed by atoms with Crippen molar-refractivity contribution < 1.29 is 27.4 Å². The van der Waals surface area contributed by atoms with E-state index in [9.17, 15) is 22.8 Å². The number of aromatic nitrogens is 2. The molecule has 3 heterocycles. The summed E-state index contributed by atoms with van der Waals surface area (Å²) in [7, 11) is 0. The van der Waals surface area contributed by atoms with Crippen LogP contribution in [0.25, 0.3) is 0 Å². The smallest absolute Gasteiger partial charge is 0.417 e. The molecular formula is C23H20ClF3N2O4. The number of ether oxygens (including phenoxy) is 2. The number of para-hydroxylation sites is 2. The minimum Gasteiger partial charge on any atom is -0.486 e. The number of ketones is 1. The van der Waals surface area contributed by atoms with Crippen LogP contribution in [-0.4, -0.2) is 27.6 Å². The Hall–Kier alpha value is -3.20. The first-order valence-electron chi connectivity index (χ1n) is 10.1. The average Bonchev–Trinajstić information content (AvgIpc) is 3.04. The molecule has 33 heavy (non-hydrogen) atoms. The van der Waals surface area contributed by atoms with E-state index in [0.717, 1.165) is 5.69 Å². The van der Waals surface area contributed by atoms with Crippen molar-refractivity contribution >= 4 is 17.4 Å². The monoisotopic (exact) mass is 480 g/mol. The van der Waals surface area contributed by atoms with Crippen LogP contribution >= 0.6 is 11.6 Å². The average molecular weight is 481 g/mol. The van der Waals surface area contributed by atoms with Gasteiger partial charge in [0.25, 0.3) is 5.56 Å². The van der Waals surface area contributed by atoms with Gasteiger partial charge in [-0.05, 0) is 38.1 Å². The first-order valence-corrected chi connectivity index (χ1v) is 10.5. The molecule has 0 bridgehead atoms. The lowest BCUT2D eigenvalue weighted by Crippen LogP contribution is -2.33. The second-order valence-electron chi connectivity index (χ2n) is 7.82. The molecule has 0 N–H and O–H groups in total. The first kappa shape index (κ1) is 23.0. The van der Waals surface area contributed by atoms with Gasteiger partial charge in [0, 0.05) is 23.1 Å². The van der Waals surface area contributed by atoms with E-state index < -0.39 is 34.6 Å². The van der Waals surface area contributed by atoms with E-state index in [2.05, 4.69) is 0 Å². The molecule has 0 aliphatic carbocycles. The number of nitrogens with zero attached hydrogens (tertiary/aromatic N) is 2. The number of fused-ring (bicyclic) bond motifs is 1. The SMILES string of the molecule is Cc1cc(C(=O)Cn2cc(C(F)(F)F)cc(Cl)c2=O)c(C)n1C[C@H]1COc2ccccc2O1. The maximum absolute atomic E-state index is 13.1. The van der Waals surface area contributed by atoms with Crippen LogP contribution in [0.3, 0.4) is 0 Å². The summed E-state index contributed by atoms with van der Waals surface area (Å²) in [6.45, 7) is 3.72. The third-order valence-electron chi connectivity index (χ3n) is 5.51. The third-order valence-corrected chi connectivity index (χ3v) is 5.78. The van der Waals surface area contributed by atoms with Gasteiger partial charge in [0.15, 0.2) is 23.4 Å². The molecule has 2 aromatic heterocycles. The zero-order chi connectivity index (χ0) is 23.9. The first-order chi connectivity index (χ1) is 15.5. The molecule has 3 aromatic rings. The van der Waals surface area contributed by atoms with Crippen LogP contribution in [0, 0.1) is 13.8 Å². The van der Waals surface area contributed by atoms with E-state index in [1.54, 1.807) is 13.0 Å². The third kappa shape index (κ3) is 4.64. The number of rotatable bonds is 5. The van der Waals surface area contributed by atoms with E-state index in [1.165, 1.54) is 0 Å². The summed E-state index contributed by atoms with van der Waals surface area (Å²) in [4.78, 5) is 25.1. The largest absolute Gasteiger partial charge is 0.486 e. The molecule has 10 heteroatoms. The molecule has 1 atom stereocenters. The van der Waals surface area contributed by atoms with Gasteiger partial charge in [0.1, 0.15) is 11.6 Å². The van der Waals surface area contributed by atoms with Gasteiger partial charge in [-0.1, -0.05) is 23.7 Å². The number of carbonyl (C=O) groups is 1. The molecule has 4 rings (SSSR count). The van der Waals surface area contributed by atoms with E-state index in [0.29, 0.717) is 52.7 Å². The fourth-order valence-electron chi connectivity index (χ4n) is 3.83. The second kappa shape index (κ2) is 8.62. The summed E-state index contributed by atoms with van der Waals surface area (Å²) >= 11 is 5.69. The van der Waals surface area contributed by atoms with Crippen molar-refractivity contribution in [3.05, 3.63) is 80.5 Å². The summed E-state index contributed by atoms with van der Waals surface area (Å²) < 4.78 is 53.6. The van der Waals surface area contributed by atoms with Crippen LogP contribution in [0.1, 0.15) is 27.3 Å². The maximum Gasteiger partial charge on any atom is 0.417 e. The highest BCUT2D eigenvalue weighted by Crippen LogP contribution is 2.32. The summed E-state index contributed by atoms with van der Waals surface area (Å²) in [5.74, 6) is 0.794. The van der Waals surface area contributed by atoms with Crippen LogP contribution < -0.4 is 15.0 Å². The molecule has 174 valence electrons. The van der Waals surface area contributed by atoms with Gasteiger partial charge < -0.3 is 18.6 Å². The van der Waals surface area contributed by atoms with Crippen LogP contribution in [0.15, 0.2) is 47.4 Å². The Morgan fingerprint density at radius 1 is 1.18 bits per heavy atom. The Labute approximate surface area is 192 Å². The summed E-state index contributed by atoms with van der Waals surface area (Å²) in [6, 6.07) is 9.52. The van der Waals surface area contributed by atoms with Crippen molar-refractivity contribution in [1.29, 1.82) is 0 Å². The second-order valence-corrected chi connectivity index (χ2v) is 8.23. The molecule has 0 fully saturated rings. The molecule has 6 nitrogen and oxygen atoms in total. The number of halogens is 4. The Morgan fingerprint density at radius 3 is 2.58 bits per heavy atom. The zero-order valence-corrected chi connectivity index (χ0v) is 18.5. The standard InChI is InChI=1S/C23H20ClF3N2O4/c1-13-7-17(19(30)11-28-9-15(23(25,26)27)8-18(24)22(28)31)14(2)29(13)10-16-12-32-20-5-3-4-6-21(20)33-16/h3-9,16H,10-12H2,1-2H3/t16-/m0/s1. The molecule has 0 saturated carbocycles. The molecule has 0 spiro atoms. The van der Waals surface area contributed by atoms with Gasteiger partial charge in [0.05, 0.1) is 18.7 Å². The summed E-state index contributed by atoms with van der Waals surface area (Å²) in [6.07, 6.45) is -4.38.